The highest BCUT2D eigenvalue weighted by molar-refractivity contribution is 5.75. The predicted molar refractivity (Wildman–Crippen MR) is 128 cm³/mol. The minimum atomic E-state index is -0.794. The first kappa shape index (κ1) is 28.0. The second-order valence-electron chi connectivity index (χ2n) is 6.50. The van der Waals surface area contributed by atoms with Gasteiger partial charge < -0.3 is 41.9 Å². The van der Waals surface area contributed by atoms with E-state index < -0.39 is 21.2 Å². The summed E-state index contributed by atoms with van der Waals surface area (Å²) in [6, 6.07) is 5.10. The maximum absolute atomic E-state index is 10.7. The Labute approximate surface area is 196 Å². The summed E-state index contributed by atoms with van der Waals surface area (Å²) in [5.41, 5.74) is 22.6. The number of hydrogen-bond acceptors (Lipinski definition) is 12. The summed E-state index contributed by atoms with van der Waals surface area (Å²) >= 11 is 0. The van der Waals surface area contributed by atoms with Crippen molar-refractivity contribution in [2.24, 2.45) is 0 Å². The van der Waals surface area contributed by atoms with Crippen molar-refractivity contribution in [2.75, 3.05) is 62.6 Å². The van der Waals surface area contributed by atoms with Gasteiger partial charge in [0.2, 0.25) is 0 Å². The van der Waals surface area contributed by atoms with E-state index in [-0.39, 0.29) is 24.7 Å². The zero-order chi connectivity index (χ0) is 25.7. The third kappa shape index (κ3) is 8.84. The van der Waals surface area contributed by atoms with E-state index in [9.17, 15) is 20.2 Å². The summed E-state index contributed by atoms with van der Waals surface area (Å²) in [6.45, 7) is 6.18. The molecule has 0 aromatic heterocycles. The number of benzene rings is 2. The average Bonchev–Trinajstić information content (AvgIpc) is 2.78. The Morgan fingerprint density at radius 1 is 0.735 bits per heavy atom. The van der Waals surface area contributed by atoms with Crippen LogP contribution in [0.15, 0.2) is 24.3 Å². The summed E-state index contributed by atoms with van der Waals surface area (Å²) < 4.78 is 20.7. The maximum Gasteiger partial charge on any atom is 0.302 e. The van der Waals surface area contributed by atoms with E-state index in [4.69, 9.17) is 41.9 Å². The first-order valence-electron chi connectivity index (χ1n) is 10.2. The van der Waals surface area contributed by atoms with Crippen LogP contribution >= 0.6 is 0 Å². The van der Waals surface area contributed by atoms with Crippen molar-refractivity contribution in [1.82, 2.24) is 0 Å². The van der Waals surface area contributed by atoms with Crippen molar-refractivity contribution in [1.29, 1.82) is 0 Å². The van der Waals surface area contributed by atoms with Crippen molar-refractivity contribution in [3.63, 3.8) is 0 Å². The normalized spacial score (nSPS) is 10.2. The van der Waals surface area contributed by atoms with Crippen LogP contribution in [0.4, 0.5) is 34.1 Å². The lowest BCUT2D eigenvalue weighted by molar-refractivity contribution is -0.393. The van der Waals surface area contributed by atoms with Gasteiger partial charge in [-0.3, -0.25) is 20.2 Å². The van der Waals surface area contributed by atoms with Gasteiger partial charge in [0.25, 0.3) is 5.69 Å². The summed E-state index contributed by atoms with van der Waals surface area (Å²) in [5, 5.41) is 21.4. The lowest BCUT2D eigenvalue weighted by Gasteiger charge is -2.11. The minimum absolute atomic E-state index is 0.0936. The average molecular weight is 482 g/mol. The summed E-state index contributed by atoms with van der Waals surface area (Å²) in [6.07, 6.45) is 0. The standard InChI is InChI=1S/C10H13N3O6.C10H17N3O2/c1-2-18-3-4-19-9-6-7(12(14)15)5-8(10(9)11)13(16)17;1-2-14-3-4-15-9-6-7(11)5-8(12)10(9)13/h5-6H,2-4,11H2,1H3;5-6H,2-4,11-13H2,1H3. The van der Waals surface area contributed by atoms with Crippen molar-refractivity contribution in [2.45, 2.75) is 13.8 Å². The Morgan fingerprint density at radius 2 is 1.26 bits per heavy atom. The Hall–Kier alpha value is -4.04. The summed E-state index contributed by atoms with van der Waals surface area (Å²) in [4.78, 5) is 19.9. The van der Waals surface area contributed by atoms with Gasteiger partial charge in [0.05, 0.1) is 46.6 Å². The number of hydrogen-bond donors (Lipinski definition) is 4. The Morgan fingerprint density at radius 3 is 1.74 bits per heavy atom. The highest BCUT2D eigenvalue weighted by atomic mass is 16.6. The number of nitrogens with zero attached hydrogens (tertiary/aromatic N) is 2. The van der Waals surface area contributed by atoms with Crippen LogP contribution in [0.1, 0.15) is 13.8 Å². The van der Waals surface area contributed by atoms with Gasteiger partial charge in [-0.25, -0.2) is 0 Å². The van der Waals surface area contributed by atoms with Crippen LogP contribution in [0.5, 0.6) is 11.5 Å². The number of nitrogen functional groups attached to an aromatic ring is 4. The smallest absolute Gasteiger partial charge is 0.302 e. The van der Waals surface area contributed by atoms with E-state index in [0.29, 0.717) is 49.2 Å². The largest absolute Gasteiger partial charge is 0.489 e. The Bertz CT molecular complexity index is 973. The predicted octanol–water partition coefficient (Wildman–Crippen LogP) is 2.35. The summed E-state index contributed by atoms with van der Waals surface area (Å²) in [7, 11) is 0. The number of rotatable bonds is 12. The molecule has 0 aliphatic heterocycles. The molecule has 8 N–H and O–H groups in total. The van der Waals surface area contributed by atoms with E-state index in [1.807, 2.05) is 6.92 Å². The first-order valence-corrected chi connectivity index (χ1v) is 10.2. The molecule has 0 unspecified atom stereocenters. The van der Waals surface area contributed by atoms with Crippen molar-refractivity contribution in [3.8, 4) is 11.5 Å². The van der Waals surface area contributed by atoms with Crippen LogP contribution in [0.2, 0.25) is 0 Å². The number of nitro groups is 2. The monoisotopic (exact) mass is 482 g/mol. The highest BCUT2D eigenvalue weighted by Crippen LogP contribution is 2.36. The molecule has 2 aromatic rings. The molecular weight excluding hydrogens is 452 g/mol. The molecule has 0 radical (unpaired) electrons. The Kier molecular flexibility index (Phi) is 11.7. The highest BCUT2D eigenvalue weighted by Gasteiger charge is 2.23. The first-order chi connectivity index (χ1) is 16.1. The second-order valence-corrected chi connectivity index (χ2v) is 6.50. The quantitative estimate of drug-likeness (QED) is 0.148. The second kappa shape index (κ2) is 14.2. The van der Waals surface area contributed by atoms with E-state index in [1.165, 1.54) is 0 Å². The molecule has 0 saturated carbocycles. The van der Waals surface area contributed by atoms with Gasteiger partial charge >= 0.3 is 5.69 Å². The molecule has 2 aromatic carbocycles. The number of ether oxygens (including phenoxy) is 4. The van der Waals surface area contributed by atoms with Crippen LogP contribution < -0.4 is 32.4 Å². The molecule has 0 heterocycles. The van der Waals surface area contributed by atoms with Crippen LogP contribution in [-0.2, 0) is 9.47 Å². The van der Waals surface area contributed by atoms with Gasteiger partial charge in [-0.15, -0.1) is 0 Å². The van der Waals surface area contributed by atoms with Crippen molar-refractivity contribution in [3.05, 3.63) is 44.5 Å². The fourth-order valence-corrected chi connectivity index (χ4v) is 2.47. The summed E-state index contributed by atoms with van der Waals surface area (Å²) in [5.74, 6) is 0.410. The van der Waals surface area contributed by atoms with Crippen molar-refractivity contribution < 1.29 is 28.8 Å². The molecule has 0 aliphatic carbocycles. The number of nitrogens with two attached hydrogens (primary N) is 4. The molecule has 0 bridgehead atoms. The molecule has 0 spiro atoms. The third-order valence-electron chi connectivity index (χ3n) is 4.09. The van der Waals surface area contributed by atoms with Gasteiger partial charge in [-0.05, 0) is 19.9 Å². The lowest BCUT2D eigenvalue weighted by atomic mass is 10.2. The molecule has 14 heteroatoms. The fraction of sp³-hybridized carbons (Fsp3) is 0.400. The van der Waals surface area contributed by atoms with Crippen LogP contribution in [-0.4, -0.2) is 49.5 Å². The van der Waals surface area contributed by atoms with Gasteiger partial charge in [-0.1, -0.05) is 0 Å². The zero-order valence-electron chi connectivity index (χ0n) is 19.0. The van der Waals surface area contributed by atoms with Crippen LogP contribution in [0.3, 0.4) is 0 Å². The van der Waals surface area contributed by atoms with E-state index in [2.05, 4.69) is 0 Å². The minimum Gasteiger partial charge on any atom is -0.489 e. The van der Waals surface area contributed by atoms with Crippen LogP contribution in [0.25, 0.3) is 0 Å². The molecule has 0 atom stereocenters. The number of non-ortho nitro benzene ring substituents is 1. The van der Waals surface area contributed by atoms with E-state index in [1.54, 1.807) is 19.1 Å². The zero-order valence-corrected chi connectivity index (χ0v) is 19.0. The number of anilines is 4. The molecule has 0 amide bonds. The molecular formula is C20H30N6O8. The molecule has 0 saturated heterocycles. The molecule has 0 aliphatic rings. The SMILES string of the molecule is CCOCCOc1cc(N)cc(N)c1N.CCOCCOc1cc([N+](=O)[O-])cc([N+](=O)[O-])c1N. The molecule has 2 rings (SSSR count). The van der Waals surface area contributed by atoms with Gasteiger partial charge in [0.1, 0.15) is 19.0 Å². The molecule has 0 fully saturated rings. The van der Waals surface area contributed by atoms with Gasteiger partial charge in [0.15, 0.2) is 11.4 Å². The topological polar surface area (TPSA) is 227 Å². The molecule has 188 valence electrons. The fourth-order valence-electron chi connectivity index (χ4n) is 2.47. The van der Waals surface area contributed by atoms with Crippen LogP contribution in [0, 0.1) is 20.2 Å². The number of nitro benzene ring substituents is 2. The van der Waals surface area contributed by atoms with Crippen molar-refractivity contribution >= 4 is 34.1 Å². The lowest BCUT2D eigenvalue weighted by Crippen LogP contribution is -2.09. The van der Waals surface area contributed by atoms with E-state index >= 15 is 0 Å². The third-order valence-corrected chi connectivity index (χ3v) is 4.09. The van der Waals surface area contributed by atoms with E-state index in [0.717, 1.165) is 12.1 Å². The molecule has 14 nitrogen and oxygen atoms in total. The Balaban J connectivity index is 0.000000350. The maximum atomic E-state index is 10.7. The van der Waals surface area contributed by atoms with Gasteiger partial charge in [-0.2, -0.15) is 0 Å². The van der Waals surface area contributed by atoms with Gasteiger partial charge in [0, 0.05) is 25.0 Å². The molecule has 34 heavy (non-hydrogen) atoms.